The summed E-state index contributed by atoms with van der Waals surface area (Å²) in [6.07, 6.45) is 2.82. The van der Waals surface area contributed by atoms with Gasteiger partial charge in [-0.15, -0.1) is 0 Å². The quantitative estimate of drug-likeness (QED) is 0.350. The predicted molar refractivity (Wildman–Crippen MR) is 148 cm³/mol. The number of nitrogens with zero attached hydrogens (tertiary/aromatic N) is 2. The molecule has 2 aromatic carbocycles. The van der Waals surface area contributed by atoms with E-state index in [-0.39, 0.29) is 28.6 Å². The van der Waals surface area contributed by atoms with E-state index in [2.05, 4.69) is 43.3 Å². The molecule has 0 aliphatic carbocycles. The molecule has 190 valence electrons. The average molecular weight is 497 g/mol. The molecular weight excluding hydrogens is 464 g/mol. The van der Waals surface area contributed by atoms with E-state index in [1.54, 1.807) is 17.5 Å². The van der Waals surface area contributed by atoms with E-state index in [1.807, 2.05) is 48.5 Å². The second kappa shape index (κ2) is 8.15. The van der Waals surface area contributed by atoms with Gasteiger partial charge < -0.3 is 15.4 Å². The Labute approximate surface area is 215 Å². The molecule has 1 amide bonds. The Morgan fingerprint density at radius 3 is 2.46 bits per heavy atom. The van der Waals surface area contributed by atoms with Crippen LogP contribution in [0, 0.1) is 0 Å². The summed E-state index contributed by atoms with van der Waals surface area (Å²) in [6, 6.07) is 15.2. The van der Waals surface area contributed by atoms with Crippen LogP contribution in [0.15, 0.2) is 59.5 Å². The third-order valence-corrected chi connectivity index (χ3v) is 7.48. The van der Waals surface area contributed by atoms with Gasteiger partial charge in [-0.1, -0.05) is 18.2 Å². The number of rotatable bonds is 4. The molecule has 1 aliphatic heterocycles. The van der Waals surface area contributed by atoms with Gasteiger partial charge in [0.05, 0.1) is 16.6 Å². The van der Waals surface area contributed by atoms with Crippen molar-refractivity contribution in [1.29, 1.82) is 0 Å². The van der Waals surface area contributed by atoms with Gasteiger partial charge in [0.1, 0.15) is 5.75 Å². The van der Waals surface area contributed by atoms with E-state index in [9.17, 15) is 9.59 Å². The molecule has 2 N–H and O–H groups in total. The van der Waals surface area contributed by atoms with Crippen molar-refractivity contribution >= 4 is 44.0 Å². The second-order valence-corrected chi connectivity index (χ2v) is 11.7. The third kappa shape index (κ3) is 3.98. The Balaban J connectivity index is 1.33. The van der Waals surface area contributed by atoms with Crippen LogP contribution in [0.1, 0.15) is 47.5 Å². The van der Waals surface area contributed by atoms with Crippen LogP contribution in [-0.2, 0) is 4.79 Å². The summed E-state index contributed by atoms with van der Waals surface area (Å²) < 4.78 is 7.86. The zero-order valence-electron chi connectivity index (χ0n) is 21.9. The molecule has 0 bridgehead atoms. The van der Waals surface area contributed by atoms with Gasteiger partial charge in [-0.05, 0) is 77.8 Å². The highest BCUT2D eigenvalue weighted by Crippen LogP contribution is 2.35. The maximum atomic E-state index is 13.4. The van der Waals surface area contributed by atoms with Gasteiger partial charge in [0, 0.05) is 44.9 Å². The Morgan fingerprint density at radius 2 is 1.73 bits per heavy atom. The van der Waals surface area contributed by atoms with E-state index in [4.69, 9.17) is 4.74 Å². The smallest absolute Gasteiger partial charge is 0.263 e. The van der Waals surface area contributed by atoms with E-state index in [0.29, 0.717) is 11.1 Å². The normalized spacial score (nSPS) is 18.5. The van der Waals surface area contributed by atoms with Crippen LogP contribution < -0.4 is 20.9 Å². The lowest BCUT2D eigenvalue weighted by molar-refractivity contribution is -0.128. The summed E-state index contributed by atoms with van der Waals surface area (Å²) in [5.41, 5.74) is 2.22. The Morgan fingerprint density at radius 1 is 1.03 bits per heavy atom. The van der Waals surface area contributed by atoms with Gasteiger partial charge in [-0.25, -0.2) is 0 Å². The van der Waals surface area contributed by atoms with Crippen LogP contribution in [0.2, 0.25) is 0 Å². The summed E-state index contributed by atoms with van der Waals surface area (Å²) >= 11 is 0. The summed E-state index contributed by atoms with van der Waals surface area (Å²) in [6.45, 7) is 10.4. The van der Waals surface area contributed by atoms with Crippen LogP contribution in [0.4, 0.5) is 0 Å². The number of piperidine rings is 1. The minimum Gasteiger partial charge on any atom is -0.481 e. The average Bonchev–Trinajstić information content (AvgIpc) is 3.15. The van der Waals surface area contributed by atoms with Gasteiger partial charge in [-0.3, -0.25) is 19.0 Å². The lowest BCUT2D eigenvalue weighted by Crippen LogP contribution is -2.62. The molecule has 6 rings (SSSR count). The number of pyridine rings is 2. The fraction of sp³-hybridized carbons (Fsp3) is 0.367. The number of nitrogens with one attached hydrogen (secondary N) is 2. The topological polar surface area (TPSA) is 84.7 Å². The lowest BCUT2D eigenvalue weighted by Gasteiger charge is -2.46. The molecule has 37 heavy (non-hydrogen) atoms. The first kappa shape index (κ1) is 23.7. The molecule has 0 saturated carbocycles. The van der Waals surface area contributed by atoms with Gasteiger partial charge >= 0.3 is 0 Å². The molecule has 4 heterocycles. The first-order chi connectivity index (χ1) is 17.5. The van der Waals surface area contributed by atoms with Crippen molar-refractivity contribution in [2.45, 2.75) is 70.7 Å². The standard InChI is InChI=1S/C30H32N4O3/c1-17(27(35)32-18-15-29(2,3)33-30(4,5)16-18)37-19-10-11-24-23(14-19)21-12-13-31-25-20-8-6-7-9-22(20)28(36)34(24)26(21)25/h6-14,17-18,33H,15-16H2,1-5H3,(H,32,35)/t17-/m1/s1. The summed E-state index contributed by atoms with van der Waals surface area (Å²) in [4.78, 5) is 31.1. The molecule has 5 aromatic rings. The minimum absolute atomic E-state index is 0.0580. The highest BCUT2D eigenvalue weighted by atomic mass is 16.5. The van der Waals surface area contributed by atoms with Crippen LogP contribution in [0.25, 0.3) is 38.1 Å². The number of amides is 1. The summed E-state index contributed by atoms with van der Waals surface area (Å²) in [7, 11) is 0. The highest BCUT2D eigenvalue weighted by Gasteiger charge is 2.38. The van der Waals surface area contributed by atoms with Crippen molar-refractivity contribution in [1.82, 2.24) is 20.0 Å². The molecule has 7 heteroatoms. The number of aromatic nitrogens is 2. The molecule has 1 saturated heterocycles. The number of fused-ring (bicyclic) bond motifs is 5. The maximum absolute atomic E-state index is 13.4. The molecular formula is C30H32N4O3. The SMILES string of the molecule is C[C@@H](Oc1ccc2c(c1)c1ccnc3c4ccccc4c(=O)n2c13)C(=O)NC1CC(C)(C)NC(C)(C)C1. The predicted octanol–water partition coefficient (Wildman–Crippen LogP) is 4.78. The van der Waals surface area contributed by atoms with Crippen LogP contribution in [0.5, 0.6) is 5.75 Å². The van der Waals surface area contributed by atoms with Crippen molar-refractivity contribution in [2.24, 2.45) is 0 Å². The summed E-state index contributed by atoms with van der Waals surface area (Å²) in [5, 5.41) is 10.2. The van der Waals surface area contributed by atoms with E-state index < -0.39 is 6.10 Å². The monoisotopic (exact) mass is 496 g/mol. The third-order valence-electron chi connectivity index (χ3n) is 7.48. The zero-order chi connectivity index (χ0) is 26.1. The first-order valence-corrected chi connectivity index (χ1v) is 12.9. The van der Waals surface area contributed by atoms with Gasteiger partial charge in [0.2, 0.25) is 0 Å². The summed E-state index contributed by atoms with van der Waals surface area (Å²) in [5.74, 6) is 0.457. The fourth-order valence-corrected chi connectivity index (χ4v) is 6.42. The number of ether oxygens (including phenoxy) is 1. The van der Waals surface area contributed by atoms with Gasteiger partial charge in [0.25, 0.3) is 11.5 Å². The van der Waals surface area contributed by atoms with Crippen LogP contribution >= 0.6 is 0 Å². The molecule has 0 unspecified atom stereocenters. The molecule has 0 radical (unpaired) electrons. The molecule has 7 nitrogen and oxygen atoms in total. The first-order valence-electron chi connectivity index (χ1n) is 12.9. The molecule has 1 aliphatic rings. The van der Waals surface area contributed by atoms with Gasteiger partial charge in [-0.2, -0.15) is 0 Å². The lowest BCUT2D eigenvalue weighted by atomic mass is 9.79. The van der Waals surface area contributed by atoms with Crippen molar-refractivity contribution in [3.05, 3.63) is 65.1 Å². The Bertz CT molecular complexity index is 1720. The van der Waals surface area contributed by atoms with Crippen LogP contribution in [0.3, 0.4) is 0 Å². The van der Waals surface area contributed by atoms with E-state index in [0.717, 1.165) is 45.6 Å². The van der Waals surface area contributed by atoms with E-state index in [1.165, 1.54) is 0 Å². The van der Waals surface area contributed by atoms with Crippen LogP contribution in [-0.4, -0.2) is 38.5 Å². The highest BCUT2D eigenvalue weighted by molar-refractivity contribution is 6.18. The fourth-order valence-electron chi connectivity index (χ4n) is 6.42. The minimum atomic E-state index is -0.661. The number of hydrogen-bond donors (Lipinski definition) is 2. The number of hydrogen-bond acceptors (Lipinski definition) is 5. The van der Waals surface area contributed by atoms with Gasteiger partial charge in [0.15, 0.2) is 6.10 Å². The van der Waals surface area contributed by atoms with Crippen molar-refractivity contribution in [3.8, 4) is 5.75 Å². The Kier molecular flexibility index (Phi) is 5.21. The second-order valence-electron chi connectivity index (χ2n) is 11.7. The largest absolute Gasteiger partial charge is 0.481 e. The molecule has 1 atom stereocenters. The van der Waals surface area contributed by atoms with E-state index >= 15 is 0 Å². The zero-order valence-corrected chi connectivity index (χ0v) is 21.9. The molecule has 0 spiro atoms. The van der Waals surface area contributed by atoms with Crippen molar-refractivity contribution in [2.75, 3.05) is 0 Å². The Hall–Kier alpha value is -3.71. The number of benzene rings is 2. The number of carbonyl (C=O) groups is 1. The molecule has 3 aromatic heterocycles. The number of carbonyl (C=O) groups excluding carboxylic acids is 1. The molecule has 1 fully saturated rings. The maximum Gasteiger partial charge on any atom is 0.263 e. The van der Waals surface area contributed by atoms with Crippen molar-refractivity contribution < 1.29 is 9.53 Å². The van der Waals surface area contributed by atoms with Crippen molar-refractivity contribution in [3.63, 3.8) is 0 Å².